The number of halogens is 3. The molecule has 1 aromatic heterocycles. The Hall–Kier alpha value is -3.60. The molecule has 0 saturated carbocycles. The lowest BCUT2D eigenvalue weighted by molar-refractivity contribution is -0.139. The van der Waals surface area contributed by atoms with Gasteiger partial charge >= 0.3 is 5.97 Å². The lowest BCUT2D eigenvalue weighted by Crippen LogP contribution is -2.48. The van der Waals surface area contributed by atoms with Crippen LogP contribution in [0.5, 0.6) is 0 Å². The van der Waals surface area contributed by atoms with E-state index in [4.69, 9.17) is 34.8 Å². The van der Waals surface area contributed by atoms with Crippen molar-refractivity contribution in [3.8, 4) is 0 Å². The number of carboxylic acid groups (broad SMARTS) is 1. The van der Waals surface area contributed by atoms with E-state index in [0.717, 1.165) is 0 Å². The van der Waals surface area contributed by atoms with Crippen molar-refractivity contribution in [2.45, 2.75) is 19.0 Å². The smallest absolute Gasteiger partial charge is 0.328 e. The first-order chi connectivity index (χ1) is 18.0. The van der Waals surface area contributed by atoms with Crippen LogP contribution in [0.2, 0.25) is 15.1 Å². The molecule has 0 unspecified atom stereocenters. The number of carboxylic acids is 1. The van der Waals surface area contributed by atoms with Crippen LogP contribution < -0.4 is 10.6 Å². The topological polar surface area (TPSA) is 134 Å². The molecule has 13 heteroatoms. The van der Waals surface area contributed by atoms with Crippen LogP contribution >= 0.6 is 34.8 Å². The monoisotopic (exact) mass is 577 g/mol. The second-order valence-electron chi connectivity index (χ2n) is 8.67. The molecule has 3 amide bonds. The van der Waals surface area contributed by atoms with E-state index in [-0.39, 0.29) is 33.8 Å². The highest BCUT2D eigenvalue weighted by Gasteiger charge is 2.30. The van der Waals surface area contributed by atoms with Gasteiger partial charge in [-0.25, -0.2) is 9.78 Å². The highest BCUT2D eigenvalue weighted by atomic mass is 35.5. The predicted molar refractivity (Wildman–Crippen MR) is 141 cm³/mol. The molecule has 1 aliphatic heterocycles. The molecule has 0 fully saturated rings. The molecule has 0 saturated heterocycles. The Morgan fingerprint density at radius 2 is 1.82 bits per heavy atom. The Morgan fingerprint density at radius 3 is 2.45 bits per heavy atom. The van der Waals surface area contributed by atoms with Crippen LogP contribution in [0.4, 0.5) is 0 Å². The van der Waals surface area contributed by atoms with Gasteiger partial charge in [0.2, 0.25) is 0 Å². The van der Waals surface area contributed by atoms with Gasteiger partial charge in [-0.2, -0.15) is 0 Å². The first-order valence-corrected chi connectivity index (χ1v) is 12.5. The van der Waals surface area contributed by atoms with E-state index >= 15 is 0 Å². The molecular weight excluding hydrogens is 557 g/mol. The summed E-state index contributed by atoms with van der Waals surface area (Å²) in [6.07, 6.45) is 3.27. The van der Waals surface area contributed by atoms with Gasteiger partial charge in [-0.3, -0.25) is 14.4 Å². The molecular formula is C25H22Cl3N5O5. The highest BCUT2D eigenvalue weighted by Crippen LogP contribution is 2.35. The van der Waals surface area contributed by atoms with Gasteiger partial charge < -0.3 is 25.2 Å². The SMILES string of the molecule is Cn1cnc(C(=O)NC[C@H](NC(=O)c2c(Cl)cc3c(c2Cl)CCN(C(=O)c2ccc(Cl)cc2)C3)C(=O)O)c1. The molecule has 38 heavy (non-hydrogen) atoms. The van der Waals surface area contributed by atoms with E-state index < -0.39 is 30.4 Å². The van der Waals surface area contributed by atoms with Crippen molar-refractivity contribution >= 4 is 58.5 Å². The molecule has 2 aromatic carbocycles. The number of benzene rings is 2. The summed E-state index contributed by atoms with van der Waals surface area (Å²) in [6, 6.07) is 6.67. The Kier molecular flexibility index (Phi) is 8.25. The number of imidazole rings is 1. The first kappa shape index (κ1) is 27.4. The van der Waals surface area contributed by atoms with E-state index in [2.05, 4.69) is 15.6 Å². The number of fused-ring (bicyclic) bond motifs is 1. The van der Waals surface area contributed by atoms with Gasteiger partial charge in [0.25, 0.3) is 17.7 Å². The Labute approximate surface area is 232 Å². The van der Waals surface area contributed by atoms with Crippen LogP contribution in [0.25, 0.3) is 0 Å². The summed E-state index contributed by atoms with van der Waals surface area (Å²) in [4.78, 5) is 55.5. The molecule has 0 radical (unpaired) electrons. The average molecular weight is 579 g/mol. The number of carbonyl (C=O) groups is 4. The molecule has 1 aliphatic rings. The predicted octanol–water partition coefficient (Wildman–Crippen LogP) is 3.19. The zero-order valence-electron chi connectivity index (χ0n) is 20.0. The Bertz CT molecular complexity index is 1420. The molecule has 3 N–H and O–H groups in total. The summed E-state index contributed by atoms with van der Waals surface area (Å²) in [5.41, 5.74) is 1.85. The maximum absolute atomic E-state index is 13.0. The van der Waals surface area contributed by atoms with Crippen LogP contribution in [0, 0.1) is 0 Å². The zero-order chi connectivity index (χ0) is 27.6. The summed E-state index contributed by atoms with van der Waals surface area (Å²) in [7, 11) is 1.69. The maximum atomic E-state index is 13.0. The fourth-order valence-corrected chi connectivity index (χ4v) is 4.94. The summed E-state index contributed by atoms with van der Waals surface area (Å²) in [5, 5.41) is 15.0. The molecule has 0 spiro atoms. The number of nitrogens with zero attached hydrogens (tertiary/aromatic N) is 3. The van der Waals surface area contributed by atoms with E-state index in [0.29, 0.717) is 34.7 Å². The van der Waals surface area contributed by atoms with Crippen LogP contribution in [-0.2, 0) is 24.8 Å². The van der Waals surface area contributed by atoms with Gasteiger partial charge in [-0.05, 0) is 47.9 Å². The highest BCUT2D eigenvalue weighted by molar-refractivity contribution is 6.40. The second-order valence-corrected chi connectivity index (χ2v) is 9.89. The van der Waals surface area contributed by atoms with Crippen LogP contribution in [-0.4, -0.2) is 62.4 Å². The van der Waals surface area contributed by atoms with E-state index in [1.807, 2.05) is 0 Å². The minimum atomic E-state index is -1.45. The summed E-state index contributed by atoms with van der Waals surface area (Å²) < 4.78 is 1.57. The van der Waals surface area contributed by atoms with Gasteiger partial charge in [-0.15, -0.1) is 0 Å². The standard InChI is InChI=1S/C25H22Cl3N5O5/c1-32-11-19(30-12-32)22(34)29-9-18(25(37)38)31-23(35)20-17(27)8-14-10-33(7-6-16(14)21(20)28)24(36)13-2-4-15(26)5-3-13/h2-5,8,11-12,18H,6-7,9-10H2,1H3,(H,29,34)(H,31,35)(H,37,38)/t18-/m0/s1. The lowest BCUT2D eigenvalue weighted by atomic mass is 9.96. The summed E-state index contributed by atoms with van der Waals surface area (Å²) in [5.74, 6) is -2.93. The van der Waals surface area contributed by atoms with Crippen molar-refractivity contribution in [1.82, 2.24) is 25.1 Å². The van der Waals surface area contributed by atoms with Gasteiger partial charge in [-0.1, -0.05) is 34.8 Å². The van der Waals surface area contributed by atoms with Crippen molar-refractivity contribution < 1.29 is 24.3 Å². The van der Waals surface area contributed by atoms with Crippen molar-refractivity contribution in [1.29, 1.82) is 0 Å². The molecule has 198 valence electrons. The molecule has 0 aliphatic carbocycles. The first-order valence-electron chi connectivity index (χ1n) is 11.4. The van der Waals surface area contributed by atoms with Crippen molar-refractivity contribution in [2.75, 3.05) is 13.1 Å². The van der Waals surface area contributed by atoms with Gasteiger partial charge in [0.1, 0.15) is 11.7 Å². The number of hydrogen-bond acceptors (Lipinski definition) is 5. The van der Waals surface area contributed by atoms with E-state index in [1.54, 1.807) is 46.8 Å². The fourth-order valence-electron chi connectivity index (χ4n) is 4.05. The van der Waals surface area contributed by atoms with Crippen molar-refractivity contribution in [2.24, 2.45) is 7.05 Å². The summed E-state index contributed by atoms with van der Waals surface area (Å²) in [6.45, 7) is 0.196. The second kappa shape index (κ2) is 11.4. The normalized spacial score (nSPS) is 13.4. The number of carbonyl (C=O) groups excluding carboxylic acids is 3. The number of nitrogens with one attached hydrogen (secondary N) is 2. The number of aromatic nitrogens is 2. The van der Waals surface area contributed by atoms with E-state index in [9.17, 15) is 24.3 Å². The maximum Gasteiger partial charge on any atom is 0.328 e. The fraction of sp³-hybridized carbons (Fsp3) is 0.240. The Balaban J connectivity index is 1.47. The molecule has 2 heterocycles. The number of aliphatic carboxylic acids is 1. The van der Waals surface area contributed by atoms with Crippen LogP contribution in [0.3, 0.4) is 0 Å². The van der Waals surface area contributed by atoms with Gasteiger partial charge in [0, 0.05) is 43.5 Å². The van der Waals surface area contributed by atoms with Crippen molar-refractivity contribution in [3.05, 3.63) is 85.9 Å². The lowest BCUT2D eigenvalue weighted by Gasteiger charge is -2.30. The van der Waals surface area contributed by atoms with Crippen LogP contribution in [0.1, 0.15) is 42.3 Å². The number of aryl methyl sites for hydroxylation is 1. The van der Waals surface area contributed by atoms with Gasteiger partial charge in [0.05, 0.1) is 21.9 Å². The summed E-state index contributed by atoms with van der Waals surface area (Å²) >= 11 is 18.9. The third-order valence-corrected chi connectivity index (χ3v) is 6.99. The van der Waals surface area contributed by atoms with Crippen LogP contribution in [0.15, 0.2) is 42.9 Å². The minimum Gasteiger partial charge on any atom is -0.480 e. The molecule has 3 aromatic rings. The number of hydrogen-bond donors (Lipinski definition) is 3. The molecule has 1 atom stereocenters. The van der Waals surface area contributed by atoms with Gasteiger partial charge in [0.15, 0.2) is 0 Å². The average Bonchev–Trinajstić information content (AvgIpc) is 3.32. The van der Waals surface area contributed by atoms with E-state index in [1.165, 1.54) is 12.5 Å². The zero-order valence-corrected chi connectivity index (χ0v) is 22.3. The number of amides is 3. The quantitative estimate of drug-likeness (QED) is 0.394. The third kappa shape index (κ3) is 5.93. The van der Waals surface area contributed by atoms with Crippen molar-refractivity contribution in [3.63, 3.8) is 0 Å². The Morgan fingerprint density at radius 1 is 1.11 bits per heavy atom. The molecule has 0 bridgehead atoms. The minimum absolute atomic E-state index is 0.00806. The third-order valence-electron chi connectivity index (χ3n) is 6.02. The molecule has 10 nitrogen and oxygen atoms in total. The molecule has 4 rings (SSSR count). The number of rotatable bonds is 7. The largest absolute Gasteiger partial charge is 0.480 e.